The van der Waals surface area contributed by atoms with Gasteiger partial charge >= 0.3 is 5.97 Å². The summed E-state index contributed by atoms with van der Waals surface area (Å²) >= 11 is 6.08. The first-order valence-electron chi connectivity index (χ1n) is 6.11. The quantitative estimate of drug-likeness (QED) is 0.621. The van der Waals surface area contributed by atoms with Crippen LogP contribution >= 0.6 is 11.6 Å². The van der Waals surface area contributed by atoms with Gasteiger partial charge in [0.25, 0.3) is 5.91 Å². The Hall–Kier alpha value is -2.08. The summed E-state index contributed by atoms with van der Waals surface area (Å²) in [6.07, 6.45) is 0. The van der Waals surface area contributed by atoms with E-state index < -0.39 is 17.7 Å². The van der Waals surface area contributed by atoms with Crippen LogP contribution in [0.25, 0.3) is 0 Å². The lowest BCUT2D eigenvalue weighted by molar-refractivity contribution is -0.129. The fourth-order valence-corrected chi connectivity index (χ4v) is 2.35. The molecular formula is C14H13ClFNO4. The number of esters is 1. The van der Waals surface area contributed by atoms with Crippen LogP contribution in [0.15, 0.2) is 24.5 Å². The van der Waals surface area contributed by atoms with Crippen LogP contribution in [0, 0.1) is 0 Å². The number of hydrogen-bond acceptors (Lipinski definition) is 4. The zero-order chi connectivity index (χ0) is 15.6. The molecule has 112 valence electrons. The van der Waals surface area contributed by atoms with Crippen LogP contribution in [0.3, 0.4) is 0 Å². The average Bonchev–Trinajstić information content (AvgIpc) is 2.67. The first-order valence-corrected chi connectivity index (χ1v) is 6.49. The SMILES string of the molecule is C=C(F)C(=O)N1CCOc2c(Cl)cc(C(=O)OC)cc2C1. The van der Waals surface area contributed by atoms with E-state index in [4.69, 9.17) is 16.3 Å². The molecule has 1 aliphatic rings. The van der Waals surface area contributed by atoms with Crippen molar-refractivity contribution in [1.82, 2.24) is 4.90 Å². The normalized spacial score (nSPS) is 13.8. The number of carbonyl (C=O) groups is 2. The molecule has 1 amide bonds. The maximum absolute atomic E-state index is 13.0. The first kappa shape index (κ1) is 15.3. The van der Waals surface area contributed by atoms with Crippen LogP contribution in [-0.4, -0.2) is 37.0 Å². The second-order valence-corrected chi connectivity index (χ2v) is 4.83. The first-order chi connectivity index (χ1) is 9.93. The Balaban J connectivity index is 2.40. The summed E-state index contributed by atoms with van der Waals surface area (Å²) in [5.41, 5.74) is 0.744. The summed E-state index contributed by atoms with van der Waals surface area (Å²) in [5, 5.41) is 0.237. The van der Waals surface area contributed by atoms with Gasteiger partial charge in [-0.25, -0.2) is 9.18 Å². The molecular weight excluding hydrogens is 301 g/mol. The van der Waals surface area contributed by atoms with Crippen molar-refractivity contribution < 1.29 is 23.5 Å². The molecule has 5 nitrogen and oxygen atoms in total. The van der Waals surface area contributed by atoms with Crippen molar-refractivity contribution in [2.24, 2.45) is 0 Å². The lowest BCUT2D eigenvalue weighted by Gasteiger charge is -2.18. The van der Waals surface area contributed by atoms with Crippen LogP contribution in [0.2, 0.25) is 5.02 Å². The summed E-state index contributed by atoms with van der Waals surface area (Å²) in [5.74, 6) is -2.04. The minimum absolute atomic E-state index is 0.0711. The number of carbonyl (C=O) groups excluding carboxylic acids is 2. The fourth-order valence-electron chi connectivity index (χ4n) is 2.05. The highest BCUT2D eigenvalue weighted by molar-refractivity contribution is 6.32. The summed E-state index contributed by atoms with van der Waals surface area (Å²) in [7, 11) is 1.25. The largest absolute Gasteiger partial charge is 0.490 e. The summed E-state index contributed by atoms with van der Waals surface area (Å²) in [6.45, 7) is 3.43. The molecule has 0 spiro atoms. The monoisotopic (exact) mass is 313 g/mol. The Kier molecular flexibility index (Phi) is 4.47. The molecule has 0 bridgehead atoms. The van der Waals surface area contributed by atoms with Crippen LogP contribution in [0.1, 0.15) is 15.9 Å². The third-order valence-corrected chi connectivity index (χ3v) is 3.31. The van der Waals surface area contributed by atoms with E-state index in [-0.39, 0.29) is 30.3 Å². The minimum atomic E-state index is -1.05. The van der Waals surface area contributed by atoms with Crippen molar-refractivity contribution in [2.45, 2.75) is 6.54 Å². The van der Waals surface area contributed by atoms with Gasteiger partial charge in [-0.15, -0.1) is 0 Å². The van der Waals surface area contributed by atoms with Gasteiger partial charge < -0.3 is 14.4 Å². The van der Waals surface area contributed by atoms with Gasteiger partial charge in [0.15, 0.2) is 5.83 Å². The molecule has 1 aromatic carbocycles. The maximum Gasteiger partial charge on any atom is 0.337 e. The fraction of sp³-hybridized carbons (Fsp3) is 0.286. The van der Waals surface area contributed by atoms with E-state index in [0.29, 0.717) is 11.3 Å². The Labute approximate surface area is 125 Å². The van der Waals surface area contributed by atoms with E-state index in [0.717, 1.165) is 0 Å². The van der Waals surface area contributed by atoms with Crippen molar-refractivity contribution >= 4 is 23.5 Å². The predicted octanol–water partition coefficient (Wildman–Crippen LogP) is 2.33. The van der Waals surface area contributed by atoms with Crippen molar-refractivity contribution in [3.63, 3.8) is 0 Å². The van der Waals surface area contributed by atoms with E-state index in [2.05, 4.69) is 11.3 Å². The highest BCUT2D eigenvalue weighted by Gasteiger charge is 2.24. The number of ether oxygens (including phenoxy) is 2. The molecule has 21 heavy (non-hydrogen) atoms. The van der Waals surface area contributed by atoms with Crippen LogP contribution in [-0.2, 0) is 16.1 Å². The third kappa shape index (κ3) is 3.16. The number of nitrogens with zero attached hydrogens (tertiary/aromatic N) is 1. The molecule has 7 heteroatoms. The molecule has 0 N–H and O–H groups in total. The van der Waals surface area contributed by atoms with Gasteiger partial charge in [-0.1, -0.05) is 18.2 Å². The van der Waals surface area contributed by atoms with Crippen molar-refractivity contribution in [2.75, 3.05) is 20.3 Å². The smallest absolute Gasteiger partial charge is 0.337 e. The highest BCUT2D eigenvalue weighted by atomic mass is 35.5. The molecule has 1 heterocycles. The van der Waals surface area contributed by atoms with E-state index in [9.17, 15) is 14.0 Å². The topological polar surface area (TPSA) is 55.8 Å². The lowest BCUT2D eigenvalue weighted by Crippen LogP contribution is -2.32. The molecule has 0 saturated carbocycles. The number of methoxy groups -OCH3 is 1. The third-order valence-electron chi connectivity index (χ3n) is 3.03. The molecule has 0 atom stereocenters. The zero-order valence-corrected chi connectivity index (χ0v) is 12.1. The summed E-state index contributed by atoms with van der Waals surface area (Å²) < 4.78 is 23.1. The Morgan fingerprint density at radius 1 is 1.48 bits per heavy atom. The molecule has 0 radical (unpaired) electrons. The standard InChI is InChI=1S/C14H13ClFNO4/c1-8(16)13(18)17-3-4-21-12-10(7-17)5-9(6-11(12)15)14(19)20-2/h5-6H,1,3-4,7H2,2H3. The van der Waals surface area contributed by atoms with Crippen LogP contribution in [0.5, 0.6) is 5.75 Å². The van der Waals surface area contributed by atoms with Gasteiger partial charge in [-0.05, 0) is 12.1 Å². The number of amides is 1. The van der Waals surface area contributed by atoms with Crippen molar-refractivity contribution in [3.05, 3.63) is 40.7 Å². The number of hydrogen-bond donors (Lipinski definition) is 0. The molecule has 1 aromatic rings. The number of benzene rings is 1. The van der Waals surface area contributed by atoms with E-state index in [1.54, 1.807) is 0 Å². The molecule has 0 unspecified atom stereocenters. The molecule has 0 saturated heterocycles. The molecule has 0 aromatic heterocycles. The van der Waals surface area contributed by atoms with Gasteiger partial charge in [-0.3, -0.25) is 4.79 Å². The number of rotatable bonds is 2. The van der Waals surface area contributed by atoms with Crippen LogP contribution in [0.4, 0.5) is 4.39 Å². The van der Waals surface area contributed by atoms with E-state index in [1.807, 2.05) is 0 Å². The van der Waals surface area contributed by atoms with Crippen molar-refractivity contribution in [1.29, 1.82) is 0 Å². The lowest BCUT2D eigenvalue weighted by atomic mass is 10.1. The van der Waals surface area contributed by atoms with Gasteiger partial charge in [0.2, 0.25) is 0 Å². The van der Waals surface area contributed by atoms with Gasteiger partial charge in [0.05, 0.1) is 24.2 Å². The van der Waals surface area contributed by atoms with E-state index in [1.165, 1.54) is 24.1 Å². The number of halogens is 2. The van der Waals surface area contributed by atoms with Crippen LogP contribution < -0.4 is 4.74 Å². The van der Waals surface area contributed by atoms with Gasteiger partial charge in [0.1, 0.15) is 12.4 Å². The van der Waals surface area contributed by atoms with Gasteiger partial charge in [0, 0.05) is 12.1 Å². The Bertz CT molecular complexity index is 617. The molecule has 0 fully saturated rings. The summed E-state index contributed by atoms with van der Waals surface area (Å²) in [6, 6.07) is 2.94. The Morgan fingerprint density at radius 3 is 2.81 bits per heavy atom. The summed E-state index contributed by atoms with van der Waals surface area (Å²) in [4.78, 5) is 24.5. The van der Waals surface area contributed by atoms with E-state index >= 15 is 0 Å². The second-order valence-electron chi connectivity index (χ2n) is 4.42. The van der Waals surface area contributed by atoms with Gasteiger partial charge in [-0.2, -0.15) is 0 Å². The zero-order valence-electron chi connectivity index (χ0n) is 11.3. The van der Waals surface area contributed by atoms with Crippen molar-refractivity contribution in [3.8, 4) is 5.75 Å². The highest BCUT2D eigenvalue weighted by Crippen LogP contribution is 2.33. The molecule has 1 aliphatic heterocycles. The number of fused-ring (bicyclic) bond motifs is 1. The molecule has 2 rings (SSSR count). The maximum atomic E-state index is 13.0. The average molecular weight is 314 g/mol. The Morgan fingerprint density at radius 2 is 2.19 bits per heavy atom. The minimum Gasteiger partial charge on any atom is -0.490 e. The molecule has 0 aliphatic carbocycles. The second kappa shape index (κ2) is 6.13. The predicted molar refractivity (Wildman–Crippen MR) is 74.0 cm³/mol.